The Kier molecular flexibility index (Phi) is 6.04. The van der Waals surface area contributed by atoms with Gasteiger partial charge < -0.3 is 14.7 Å². The number of hydrogen-bond acceptors (Lipinski definition) is 4. The molecule has 0 bridgehead atoms. The molecule has 0 aliphatic heterocycles. The first kappa shape index (κ1) is 15.8. The predicted octanol–water partition coefficient (Wildman–Crippen LogP) is 2.56. The smallest absolute Gasteiger partial charge is 0.120 e. The van der Waals surface area contributed by atoms with Crippen molar-refractivity contribution in [3.05, 3.63) is 29.8 Å². The Balaban J connectivity index is 1.70. The van der Waals surface area contributed by atoms with Gasteiger partial charge in [0.1, 0.15) is 5.75 Å². The topological polar surface area (TPSA) is 56.5 Å². The average Bonchev–Trinajstić information content (AvgIpc) is 2.52. The maximum atomic E-state index is 10.0. The summed E-state index contributed by atoms with van der Waals surface area (Å²) in [5.74, 6) is 0.745. The molecule has 1 aromatic carbocycles. The third kappa shape index (κ3) is 4.73. The average molecular weight is 288 g/mol. The summed E-state index contributed by atoms with van der Waals surface area (Å²) >= 11 is 0. The standard InChI is InChI=1S/C17H24N2O2/c1-19(16-8-2-3-9-17(16)20)10-5-11-21-15-7-4-6-14(12-15)13-18/h4,6-7,12,16-17,20H,2-3,5,8-11H2,1H3. The van der Waals surface area contributed by atoms with Gasteiger partial charge in [-0.25, -0.2) is 0 Å². The molecule has 0 heterocycles. The van der Waals surface area contributed by atoms with Crippen LogP contribution >= 0.6 is 0 Å². The molecule has 21 heavy (non-hydrogen) atoms. The summed E-state index contributed by atoms with van der Waals surface area (Å²) in [7, 11) is 2.08. The number of ether oxygens (including phenoxy) is 1. The number of rotatable bonds is 6. The number of aliphatic hydroxyl groups excluding tert-OH is 1. The Morgan fingerprint density at radius 2 is 2.19 bits per heavy atom. The molecule has 1 aromatic rings. The Hall–Kier alpha value is -1.57. The molecule has 114 valence electrons. The van der Waals surface area contributed by atoms with Crippen molar-refractivity contribution < 1.29 is 9.84 Å². The zero-order chi connectivity index (χ0) is 15.1. The number of hydrogen-bond donors (Lipinski definition) is 1. The highest BCUT2D eigenvalue weighted by atomic mass is 16.5. The van der Waals surface area contributed by atoms with Crippen LogP contribution in [0, 0.1) is 11.3 Å². The van der Waals surface area contributed by atoms with E-state index >= 15 is 0 Å². The van der Waals surface area contributed by atoms with Crippen LogP contribution in [0.1, 0.15) is 37.7 Å². The predicted molar refractivity (Wildman–Crippen MR) is 82.2 cm³/mol. The van der Waals surface area contributed by atoms with E-state index in [-0.39, 0.29) is 6.10 Å². The molecule has 2 atom stereocenters. The Morgan fingerprint density at radius 3 is 2.95 bits per heavy atom. The molecule has 2 unspecified atom stereocenters. The highest BCUT2D eigenvalue weighted by molar-refractivity contribution is 5.36. The van der Waals surface area contributed by atoms with Crippen molar-refractivity contribution in [2.75, 3.05) is 20.2 Å². The fraction of sp³-hybridized carbons (Fsp3) is 0.588. The van der Waals surface area contributed by atoms with E-state index in [4.69, 9.17) is 10.00 Å². The minimum absolute atomic E-state index is 0.183. The summed E-state index contributed by atoms with van der Waals surface area (Å²) in [6.07, 6.45) is 5.09. The summed E-state index contributed by atoms with van der Waals surface area (Å²) in [5.41, 5.74) is 0.620. The van der Waals surface area contributed by atoms with Crippen molar-refractivity contribution >= 4 is 0 Å². The quantitative estimate of drug-likeness (QED) is 0.817. The summed E-state index contributed by atoms with van der Waals surface area (Å²) in [5, 5.41) is 18.9. The molecule has 1 N–H and O–H groups in total. The van der Waals surface area contributed by atoms with E-state index in [1.807, 2.05) is 12.1 Å². The van der Waals surface area contributed by atoms with Gasteiger partial charge in [-0.15, -0.1) is 0 Å². The molecule has 1 aliphatic carbocycles. The number of nitrogens with zero attached hydrogens (tertiary/aromatic N) is 2. The molecule has 2 rings (SSSR count). The number of benzene rings is 1. The summed E-state index contributed by atoms with van der Waals surface area (Å²) in [4.78, 5) is 2.25. The second kappa shape index (κ2) is 8.02. The van der Waals surface area contributed by atoms with Crippen molar-refractivity contribution in [1.29, 1.82) is 5.26 Å². The van der Waals surface area contributed by atoms with E-state index in [9.17, 15) is 5.11 Å². The van der Waals surface area contributed by atoms with E-state index in [1.54, 1.807) is 12.1 Å². The summed E-state index contributed by atoms with van der Waals surface area (Å²) in [6, 6.07) is 9.63. The molecule has 4 nitrogen and oxygen atoms in total. The van der Waals surface area contributed by atoms with E-state index in [0.717, 1.165) is 38.0 Å². The van der Waals surface area contributed by atoms with Crippen LogP contribution in [0.2, 0.25) is 0 Å². The van der Waals surface area contributed by atoms with Crippen LogP contribution < -0.4 is 4.74 Å². The van der Waals surface area contributed by atoms with E-state index < -0.39 is 0 Å². The van der Waals surface area contributed by atoms with E-state index in [2.05, 4.69) is 18.0 Å². The van der Waals surface area contributed by atoms with Gasteiger partial charge in [-0.05, 0) is 44.5 Å². The van der Waals surface area contributed by atoms with Gasteiger partial charge in [0.2, 0.25) is 0 Å². The van der Waals surface area contributed by atoms with Crippen LogP contribution in [0.25, 0.3) is 0 Å². The highest BCUT2D eigenvalue weighted by Crippen LogP contribution is 2.22. The monoisotopic (exact) mass is 288 g/mol. The van der Waals surface area contributed by atoms with Crippen LogP contribution in [0.15, 0.2) is 24.3 Å². The van der Waals surface area contributed by atoms with Crippen LogP contribution in [0.3, 0.4) is 0 Å². The van der Waals surface area contributed by atoms with Crippen molar-refractivity contribution in [2.45, 2.75) is 44.2 Å². The van der Waals surface area contributed by atoms with E-state index in [0.29, 0.717) is 18.2 Å². The second-order valence-electron chi connectivity index (χ2n) is 5.74. The minimum atomic E-state index is -0.183. The van der Waals surface area contributed by atoms with Gasteiger partial charge in [-0.1, -0.05) is 18.9 Å². The van der Waals surface area contributed by atoms with Crippen LogP contribution in [0.5, 0.6) is 5.75 Å². The summed E-state index contributed by atoms with van der Waals surface area (Å²) in [6.45, 7) is 1.54. The minimum Gasteiger partial charge on any atom is -0.494 e. The lowest BCUT2D eigenvalue weighted by atomic mass is 9.91. The fourth-order valence-corrected chi connectivity index (χ4v) is 2.93. The SMILES string of the molecule is CN(CCCOc1cccc(C#N)c1)C1CCCCC1O. The molecule has 0 saturated heterocycles. The Labute approximate surface area is 127 Å². The maximum absolute atomic E-state index is 10.0. The van der Waals surface area contributed by atoms with Gasteiger partial charge >= 0.3 is 0 Å². The number of aliphatic hydroxyl groups is 1. The molecule has 4 heteroatoms. The Morgan fingerprint density at radius 1 is 1.38 bits per heavy atom. The maximum Gasteiger partial charge on any atom is 0.120 e. The van der Waals surface area contributed by atoms with E-state index in [1.165, 1.54) is 6.42 Å². The van der Waals surface area contributed by atoms with Crippen LogP contribution in [0.4, 0.5) is 0 Å². The number of likely N-dealkylation sites (N-methyl/N-ethyl adjacent to an activating group) is 1. The van der Waals surface area contributed by atoms with Crippen LogP contribution in [-0.4, -0.2) is 42.4 Å². The lowest BCUT2D eigenvalue weighted by Crippen LogP contribution is -2.43. The Bertz CT molecular complexity index is 484. The third-order valence-electron chi connectivity index (χ3n) is 4.15. The van der Waals surface area contributed by atoms with Crippen molar-refractivity contribution in [1.82, 2.24) is 4.90 Å². The van der Waals surface area contributed by atoms with Crippen molar-refractivity contribution in [2.24, 2.45) is 0 Å². The highest BCUT2D eigenvalue weighted by Gasteiger charge is 2.25. The fourth-order valence-electron chi connectivity index (χ4n) is 2.93. The number of nitriles is 1. The largest absolute Gasteiger partial charge is 0.494 e. The van der Waals surface area contributed by atoms with Gasteiger partial charge in [-0.2, -0.15) is 5.26 Å². The zero-order valence-corrected chi connectivity index (χ0v) is 12.7. The molecule has 0 amide bonds. The lowest BCUT2D eigenvalue weighted by molar-refractivity contribution is 0.0304. The molecule has 1 aliphatic rings. The molecule has 0 aromatic heterocycles. The first-order valence-electron chi connectivity index (χ1n) is 7.72. The molecular weight excluding hydrogens is 264 g/mol. The van der Waals surface area contributed by atoms with Crippen LogP contribution in [-0.2, 0) is 0 Å². The molecule has 1 saturated carbocycles. The lowest BCUT2D eigenvalue weighted by Gasteiger charge is -2.35. The normalized spacial score (nSPS) is 22.0. The van der Waals surface area contributed by atoms with Gasteiger partial charge in [-0.3, -0.25) is 0 Å². The third-order valence-corrected chi connectivity index (χ3v) is 4.15. The summed E-state index contributed by atoms with van der Waals surface area (Å²) < 4.78 is 5.67. The van der Waals surface area contributed by atoms with Gasteiger partial charge in [0.05, 0.1) is 24.3 Å². The first-order valence-corrected chi connectivity index (χ1v) is 7.72. The van der Waals surface area contributed by atoms with Crippen molar-refractivity contribution in [3.63, 3.8) is 0 Å². The van der Waals surface area contributed by atoms with Gasteiger partial charge in [0.15, 0.2) is 0 Å². The second-order valence-corrected chi connectivity index (χ2v) is 5.74. The van der Waals surface area contributed by atoms with Gasteiger partial charge in [0, 0.05) is 12.6 Å². The first-order chi connectivity index (χ1) is 10.2. The molecule has 0 spiro atoms. The molecular formula is C17H24N2O2. The van der Waals surface area contributed by atoms with Gasteiger partial charge in [0.25, 0.3) is 0 Å². The molecule has 1 fully saturated rings. The zero-order valence-electron chi connectivity index (χ0n) is 12.7. The van der Waals surface area contributed by atoms with Crippen molar-refractivity contribution in [3.8, 4) is 11.8 Å². The molecule has 0 radical (unpaired) electrons.